The number of rotatable bonds is 9. The summed E-state index contributed by atoms with van der Waals surface area (Å²) in [5.41, 5.74) is 0. The Hall–Kier alpha value is -0.0400. The lowest BCUT2D eigenvalue weighted by molar-refractivity contribution is 0.440. The molecule has 0 aromatic rings. The van der Waals surface area contributed by atoms with Gasteiger partial charge >= 0.3 is 0 Å². The van der Waals surface area contributed by atoms with Crippen LogP contribution in [0.15, 0.2) is 0 Å². The van der Waals surface area contributed by atoms with Crippen molar-refractivity contribution in [2.75, 3.05) is 7.05 Å². The number of hydrogen-bond acceptors (Lipinski definition) is 1. The molecule has 0 saturated heterocycles. The zero-order valence-electron chi connectivity index (χ0n) is 10.0. The van der Waals surface area contributed by atoms with Crippen LogP contribution >= 0.6 is 0 Å². The second-order valence-electron chi connectivity index (χ2n) is 4.87. The van der Waals surface area contributed by atoms with Gasteiger partial charge in [-0.1, -0.05) is 51.9 Å². The molecule has 84 valence electrons. The monoisotopic (exact) mass is 197 g/mol. The summed E-state index contributed by atoms with van der Waals surface area (Å²) in [4.78, 5) is 0. The van der Waals surface area contributed by atoms with Gasteiger partial charge in [-0.2, -0.15) is 0 Å². The third-order valence-corrected chi connectivity index (χ3v) is 3.38. The fraction of sp³-hybridized carbons (Fsp3) is 1.00. The van der Waals surface area contributed by atoms with Crippen molar-refractivity contribution in [1.82, 2.24) is 5.32 Å². The number of unbranched alkanes of at least 4 members (excludes halogenated alkanes) is 4. The minimum Gasteiger partial charge on any atom is -0.317 e. The molecular weight excluding hydrogens is 170 g/mol. The van der Waals surface area contributed by atoms with E-state index in [9.17, 15) is 0 Å². The lowest BCUT2D eigenvalue weighted by Gasteiger charge is -2.15. The van der Waals surface area contributed by atoms with E-state index in [0.717, 1.165) is 12.0 Å². The Morgan fingerprint density at radius 1 is 1.14 bits per heavy atom. The van der Waals surface area contributed by atoms with Crippen molar-refractivity contribution in [2.45, 2.75) is 70.8 Å². The van der Waals surface area contributed by atoms with Gasteiger partial charge in [0.25, 0.3) is 0 Å². The van der Waals surface area contributed by atoms with Crippen LogP contribution in [0.2, 0.25) is 0 Å². The molecule has 0 amide bonds. The molecule has 1 N–H and O–H groups in total. The van der Waals surface area contributed by atoms with Gasteiger partial charge in [-0.25, -0.2) is 0 Å². The molecule has 14 heavy (non-hydrogen) atoms. The van der Waals surface area contributed by atoms with Crippen molar-refractivity contribution in [2.24, 2.45) is 5.92 Å². The second kappa shape index (κ2) is 7.28. The first-order valence-corrected chi connectivity index (χ1v) is 6.54. The predicted octanol–water partition coefficient (Wildman–Crippen LogP) is 3.74. The fourth-order valence-electron chi connectivity index (χ4n) is 2.13. The van der Waals surface area contributed by atoms with Gasteiger partial charge in [0.1, 0.15) is 0 Å². The highest BCUT2D eigenvalue weighted by molar-refractivity contribution is 4.79. The van der Waals surface area contributed by atoms with Crippen LogP contribution in [0.3, 0.4) is 0 Å². The molecule has 0 bridgehead atoms. The molecule has 1 nitrogen and oxygen atoms in total. The Morgan fingerprint density at radius 3 is 2.43 bits per heavy atom. The van der Waals surface area contributed by atoms with Crippen LogP contribution in [0.25, 0.3) is 0 Å². The van der Waals surface area contributed by atoms with Crippen LogP contribution in [-0.4, -0.2) is 13.1 Å². The first-order chi connectivity index (χ1) is 6.86. The fourth-order valence-corrected chi connectivity index (χ4v) is 2.13. The summed E-state index contributed by atoms with van der Waals surface area (Å²) in [5.74, 6) is 1.07. The van der Waals surface area contributed by atoms with Crippen LogP contribution in [0.5, 0.6) is 0 Å². The Morgan fingerprint density at radius 2 is 1.86 bits per heavy atom. The normalized spacial score (nSPS) is 18.4. The van der Waals surface area contributed by atoms with Crippen molar-refractivity contribution in [3.8, 4) is 0 Å². The van der Waals surface area contributed by atoms with Crippen molar-refractivity contribution in [1.29, 1.82) is 0 Å². The van der Waals surface area contributed by atoms with Crippen molar-refractivity contribution in [3.05, 3.63) is 0 Å². The topological polar surface area (TPSA) is 12.0 Å². The Balaban J connectivity index is 1.90. The largest absolute Gasteiger partial charge is 0.317 e. The van der Waals surface area contributed by atoms with E-state index in [1.807, 2.05) is 0 Å². The molecule has 0 heterocycles. The SMILES string of the molecule is CCCCCCCC(CC1CC1)NC. The number of hydrogen-bond donors (Lipinski definition) is 1. The average Bonchev–Trinajstić information content (AvgIpc) is 2.99. The Labute approximate surface area is 89.7 Å². The summed E-state index contributed by atoms with van der Waals surface area (Å²) in [6.07, 6.45) is 12.9. The molecule has 0 aromatic heterocycles. The van der Waals surface area contributed by atoms with Gasteiger partial charge in [0.2, 0.25) is 0 Å². The van der Waals surface area contributed by atoms with E-state index in [1.54, 1.807) is 0 Å². The van der Waals surface area contributed by atoms with Gasteiger partial charge in [-0.05, 0) is 25.8 Å². The van der Waals surface area contributed by atoms with Crippen LogP contribution in [0.1, 0.15) is 64.7 Å². The highest BCUT2D eigenvalue weighted by Crippen LogP contribution is 2.34. The van der Waals surface area contributed by atoms with Crippen LogP contribution in [0.4, 0.5) is 0 Å². The van der Waals surface area contributed by atoms with Gasteiger partial charge in [-0.15, -0.1) is 0 Å². The highest BCUT2D eigenvalue weighted by Gasteiger charge is 2.24. The van der Waals surface area contributed by atoms with Gasteiger partial charge in [0.05, 0.1) is 0 Å². The molecular formula is C13H27N. The van der Waals surface area contributed by atoms with Crippen LogP contribution < -0.4 is 5.32 Å². The quantitative estimate of drug-likeness (QED) is 0.555. The van der Waals surface area contributed by atoms with E-state index < -0.39 is 0 Å². The molecule has 1 rings (SSSR count). The maximum absolute atomic E-state index is 3.46. The zero-order chi connectivity index (χ0) is 10.2. The maximum atomic E-state index is 3.46. The Bertz CT molecular complexity index is 129. The molecule has 1 saturated carbocycles. The minimum atomic E-state index is 0.809. The summed E-state index contributed by atoms with van der Waals surface area (Å²) in [6.45, 7) is 2.28. The standard InChI is InChI=1S/C13H27N/c1-3-4-5-6-7-8-13(14-2)11-12-9-10-12/h12-14H,3-11H2,1-2H3. The first kappa shape index (κ1) is 12.0. The lowest BCUT2D eigenvalue weighted by atomic mass is 10.0. The van der Waals surface area contributed by atoms with Gasteiger partial charge in [0, 0.05) is 6.04 Å². The van der Waals surface area contributed by atoms with E-state index in [0.29, 0.717) is 0 Å². The van der Waals surface area contributed by atoms with Crippen molar-refractivity contribution < 1.29 is 0 Å². The summed E-state index contributed by atoms with van der Waals surface area (Å²) in [6, 6.07) is 0.809. The van der Waals surface area contributed by atoms with E-state index in [1.165, 1.54) is 57.8 Å². The van der Waals surface area contributed by atoms with Crippen LogP contribution in [-0.2, 0) is 0 Å². The first-order valence-electron chi connectivity index (χ1n) is 6.54. The summed E-state index contributed by atoms with van der Waals surface area (Å²) >= 11 is 0. The summed E-state index contributed by atoms with van der Waals surface area (Å²) in [7, 11) is 2.12. The maximum Gasteiger partial charge on any atom is 0.00667 e. The smallest absolute Gasteiger partial charge is 0.00667 e. The van der Waals surface area contributed by atoms with Crippen molar-refractivity contribution in [3.63, 3.8) is 0 Å². The van der Waals surface area contributed by atoms with E-state index >= 15 is 0 Å². The number of nitrogens with one attached hydrogen (secondary N) is 1. The summed E-state index contributed by atoms with van der Waals surface area (Å²) in [5, 5.41) is 3.46. The third kappa shape index (κ3) is 5.64. The van der Waals surface area contributed by atoms with E-state index in [-0.39, 0.29) is 0 Å². The van der Waals surface area contributed by atoms with E-state index in [4.69, 9.17) is 0 Å². The van der Waals surface area contributed by atoms with Gasteiger partial charge in [-0.3, -0.25) is 0 Å². The third-order valence-electron chi connectivity index (χ3n) is 3.38. The molecule has 1 heteroatoms. The molecule has 1 aliphatic carbocycles. The molecule has 1 fully saturated rings. The predicted molar refractivity (Wildman–Crippen MR) is 63.6 cm³/mol. The molecule has 1 unspecified atom stereocenters. The second-order valence-corrected chi connectivity index (χ2v) is 4.87. The van der Waals surface area contributed by atoms with Crippen LogP contribution in [0, 0.1) is 5.92 Å². The zero-order valence-corrected chi connectivity index (χ0v) is 10.0. The molecule has 0 aliphatic heterocycles. The van der Waals surface area contributed by atoms with Gasteiger partial charge < -0.3 is 5.32 Å². The Kier molecular flexibility index (Phi) is 6.25. The average molecular weight is 197 g/mol. The summed E-state index contributed by atoms with van der Waals surface area (Å²) < 4.78 is 0. The van der Waals surface area contributed by atoms with Gasteiger partial charge in [0.15, 0.2) is 0 Å². The molecule has 1 aliphatic rings. The molecule has 0 radical (unpaired) electrons. The molecule has 0 aromatic carbocycles. The molecule has 0 spiro atoms. The van der Waals surface area contributed by atoms with Crippen molar-refractivity contribution >= 4 is 0 Å². The highest BCUT2D eigenvalue weighted by atomic mass is 14.9. The minimum absolute atomic E-state index is 0.809. The van der Waals surface area contributed by atoms with E-state index in [2.05, 4.69) is 19.3 Å². The molecule has 1 atom stereocenters. The lowest BCUT2D eigenvalue weighted by Crippen LogP contribution is -2.25.